The highest BCUT2D eigenvalue weighted by molar-refractivity contribution is 7.89. The van der Waals surface area contributed by atoms with Crippen LogP contribution in [0, 0.1) is 0 Å². The van der Waals surface area contributed by atoms with Gasteiger partial charge in [-0.1, -0.05) is 48.5 Å². The van der Waals surface area contributed by atoms with Gasteiger partial charge < -0.3 is 4.74 Å². The Bertz CT molecular complexity index is 1210. The van der Waals surface area contributed by atoms with Gasteiger partial charge in [0, 0.05) is 5.56 Å². The van der Waals surface area contributed by atoms with Gasteiger partial charge in [0.1, 0.15) is 17.8 Å². The molecule has 0 fully saturated rings. The number of rotatable bonds is 7. The summed E-state index contributed by atoms with van der Waals surface area (Å²) in [7, 11) is -3.69. The van der Waals surface area contributed by atoms with Crippen molar-refractivity contribution in [1.29, 1.82) is 0 Å². The number of nitrogens with one attached hydrogen (secondary N) is 1. The third-order valence-corrected chi connectivity index (χ3v) is 5.77. The fourth-order valence-electron chi connectivity index (χ4n) is 2.82. The van der Waals surface area contributed by atoms with Gasteiger partial charge in [0.25, 0.3) is 0 Å². The largest absolute Gasteiger partial charge is 0.457 e. The Morgan fingerprint density at radius 1 is 0.767 bits per heavy atom. The van der Waals surface area contributed by atoms with Gasteiger partial charge in [-0.05, 0) is 42.5 Å². The topological polar surface area (TPSA) is 81.2 Å². The molecular weight excluding hydrogens is 398 g/mol. The van der Waals surface area contributed by atoms with Crippen molar-refractivity contribution in [2.24, 2.45) is 0 Å². The van der Waals surface area contributed by atoms with E-state index in [1.807, 2.05) is 60.7 Å². The minimum atomic E-state index is -3.69. The van der Waals surface area contributed by atoms with Gasteiger partial charge in [0.05, 0.1) is 22.8 Å². The van der Waals surface area contributed by atoms with Gasteiger partial charge >= 0.3 is 0 Å². The van der Waals surface area contributed by atoms with E-state index in [1.165, 1.54) is 18.5 Å². The van der Waals surface area contributed by atoms with E-state index >= 15 is 0 Å². The van der Waals surface area contributed by atoms with Crippen molar-refractivity contribution in [3.05, 3.63) is 103 Å². The lowest BCUT2D eigenvalue weighted by atomic mass is 10.1. The maximum Gasteiger partial charge on any atom is 0.240 e. The quantitative estimate of drug-likeness (QED) is 0.482. The van der Waals surface area contributed by atoms with Crippen molar-refractivity contribution < 1.29 is 13.2 Å². The van der Waals surface area contributed by atoms with Crippen molar-refractivity contribution in [3.8, 4) is 22.8 Å². The molecule has 0 unspecified atom stereocenters. The summed E-state index contributed by atoms with van der Waals surface area (Å²) >= 11 is 0. The number of nitrogens with zero attached hydrogens (tertiary/aromatic N) is 2. The lowest BCUT2D eigenvalue weighted by Gasteiger charge is -2.09. The van der Waals surface area contributed by atoms with Crippen LogP contribution >= 0.6 is 0 Å². The highest BCUT2D eigenvalue weighted by atomic mass is 32.2. The molecule has 0 saturated carbocycles. The summed E-state index contributed by atoms with van der Waals surface area (Å²) in [5.41, 5.74) is 2.26. The molecule has 0 aliphatic carbocycles. The molecule has 0 atom stereocenters. The second-order valence-corrected chi connectivity index (χ2v) is 8.24. The van der Waals surface area contributed by atoms with Crippen LogP contribution in [0.4, 0.5) is 0 Å². The van der Waals surface area contributed by atoms with Gasteiger partial charge in [-0.3, -0.25) is 0 Å². The average molecular weight is 417 g/mol. The second-order valence-electron chi connectivity index (χ2n) is 6.47. The van der Waals surface area contributed by atoms with Crippen molar-refractivity contribution in [1.82, 2.24) is 14.7 Å². The first-order valence-corrected chi connectivity index (χ1v) is 10.8. The van der Waals surface area contributed by atoms with Crippen LogP contribution in [0.15, 0.2) is 102 Å². The molecule has 6 nitrogen and oxygen atoms in total. The van der Waals surface area contributed by atoms with Crippen molar-refractivity contribution >= 4 is 10.0 Å². The number of benzene rings is 3. The van der Waals surface area contributed by atoms with E-state index in [9.17, 15) is 8.42 Å². The Hall–Kier alpha value is -3.55. The van der Waals surface area contributed by atoms with E-state index < -0.39 is 10.0 Å². The lowest BCUT2D eigenvalue weighted by Crippen LogP contribution is -2.23. The SMILES string of the molecule is O=S(=O)(NCc1cc(-c2ccccc2)ncn1)c1ccc(Oc2ccccc2)cc1. The van der Waals surface area contributed by atoms with Crippen LogP contribution in [0.1, 0.15) is 5.69 Å². The Morgan fingerprint density at radius 3 is 2.10 bits per heavy atom. The second kappa shape index (κ2) is 8.86. The zero-order chi connectivity index (χ0) is 20.8. The molecule has 4 rings (SSSR count). The molecule has 0 saturated heterocycles. The summed E-state index contributed by atoms with van der Waals surface area (Å²) in [6.45, 7) is 0.0625. The standard InChI is InChI=1S/C23H19N3O3S/c27-30(28,22-13-11-21(12-14-22)29-20-9-5-2-6-10-20)26-16-19-15-23(25-17-24-19)18-7-3-1-4-8-18/h1-15,17,26H,16H2. The molecule has 1 aromatic heterocycles. The van der Waals surface area contributed by atoms with Crippen molar-refractivity contribution in [2.75, 3.05) is 0 Å². The molecule has 0 bridgehead atoms. The van der Waals surface area contributed by atoms with Crippen LogP contribution in [0.5, 0.6) is 11.5 Å². The summed E-state index contributed by atoms with van der Waals surface area (Å²) in [5.74, 6) is 1.24. The molecular formula is C23H19N3O3S. The molecule has 4 aromatic rings. The van der Waals surface area contributed by atoms with E-state index in [0.29, 0.717) is 17.2 Å². The zero-order valence-corrected chi connectivity index (χ0v) is 16.8. The van der Waals surface area contributed by atoms with Crippen LogP contribution in [-0.4, -0.2) is 18.4 Å². The molecule has 0 radical (unpaired) electrons. The molecule has 0 aliphatic rings. The molecule has 3 aromatic carbocycles. The smallest absolute Gasteiger partial charge is 0.240 e. The van der Waals surface area contributed by atoms with E-state index in [2.05, 4.69) is 14.7 Å². The summed E-state index contributed by atoms with van der Waals surface area (Å²) in [4.78, 5) is 8.57. The third kappa shape index (κ3) is 4.89. The van der Waals surface area contributed by atoms with Gasteiger partial charge in [0.15, 0.2) is 0 Å². The molecule has 7 heteroatoms. The number of hydrogen-bond acceptors (Lipinski definition) is 5. The lowest BCUT2D eigenvalue weighted by molar-refractivity contribution is 0.482. The van der Waals surface area contributed by atoms with Crippen molar-refractivity contribution in [2.45, 2.75) is 11.4 Å². The van der Waals surface area contributed by atoms with Gasteiger partial charge in [-0.15, -0.1) is 0 Å². The van der Waals surface area contributed by atoms with Crippen LogP contribution in [0.3, 0.4) is 0 Å². The number of para-hydroxylation sites is 1. The molecule has 1 heterocycles. The van der Waals surface area contributed by atoms with Crippen LogP contribution in [0.2, 0.25) is 0 Å². The summed E-state index contributed by atoms with van der Waals surface area (Å²) < 4.78 is 33.5. The summed E-state index contributed by atoms with van der Waals surface area (Å²) in [5, 5.41) is 0. The Kier molecular flexibility index (Phi) is 5.83. The van der Waals surface area contributed by atoms with E-state index in [4.69, 9.17) is 4.74 Å². The van der Waals surface area contributed by atoms with E-state index in [0.717, 1.165) is 11.3 Å². The Morgan fingerprint density at radius 2 is 1.40 bits per heavy atom. The summed E-state index contributed by atoms with van der Waals surface area (Å²) in [6.07, 6.45) is 1.43. The zero-order valence-electron chi connectivity index (χ0n) is 16.0. The fourth-order valence-corrected chi connectivity index (χ4v) is 3.82. The molecule has 0 spiro atoms. The van der Waals surface area contributed by atoms with E-state index in [-0.39, 0.29) is 11.4 Å². The number of ether oxygens (including phenoxy) is 1. The van der Waals surface area contributed by atoms with Gasteiger partial charge in [-0.2, -0.15) is 0 Å². The number of sulfonamides is 1. The van der Waals surface area contributed by atoms with Gasteiger partial charge in [0.2, 0.25) is 10.0 Å². The number of hydrogen-bond donors (Lipinski definition) is 1. The monoisotopic (exact) mass is 417 g/mol. The highest BCUT2D eigenvalue weighted by Crippen LogP contribution is 2.22. The summed E-state index contributed by atoms with van der Waals surface area (Å²) in [6, 6.07) is 27.0. The molecule has 150 valence electrons. The van der Waals surface area contributed by atoms with Crippen LogP contribution in [0.25, 0.3) is 11.3 Å². The normalized spacial score (nSPS) is 11.2. The molecule has 1 N–H and O–H groups in total. The minimum absolute atomic E-state index is 0.0625. The predicted molar refractivity (Wildman–Crippen MR) is 114 cm³/mol. The molecule has 0 amide bonds. The van der Waals surface area contributed by atoms with Crippen molar-refractivity contribution in [3.63, 3.8) is 0 Å². The highest BCUT2D eigenvalue weighted by Gasteiger charge is 2.14. The molecule has 0 aliphatic heterocycles. The third-order valence-electron chi connectivity index (χ3n) is 4.35. The first kappa shape index (κ1) is 19.8. The van der Waals surface area contributed by atoms with Gasteiger partial charge in [-0.25, -0.2) is 23.1 Å². The fraction of sp³-hybridized carbons (Fsp3) is 0.0435. The maximum absolute atomic E-state index is 12.6. The Balaban J connectivity index is 1.43. The average Bonchev–Trinajstić information content (AvgIpc) is 2.80. The first-order chi connectivity index (χ1) is 14.6. The molecule has 30 heavy (non-hydrogen) atoms. The first-order valence-electron chi connectivity index (χ1n) is 9.29. The number of aromatic nitrogens is 2. The van der Waals surface area contributed by atoms with Crippen LogP contribution in [-0.2, 0) is 16.6 Å². The maximum atomic E-state index is 12.6. The minimum Gasteiger partial charge on any atom is -0.457 e. The predicted octanol–water partition coefficient (Wildman–Crippen LogP) is 4.41. The Labute approximate surface area is 175 Å². The van der Waals surface area contributed by atoms with Crippen LogP contribution < -0.4 is 9.46 Å². The van der Waals surface area contributed by atoms with E-state index in [1.54, 1.807) is 18.2 Å².